The quantitative estimate of drug-likeness (QED) is 0.742. The molecule has 0 unspecified atom stereocenters. The Labute approximate surface area is 143 Å². The summed E-state index contributed by atoms with van der Waals surface area (Å²) in [6, 6.07) is 9.53. The minimum atomic E-state index is -0.608. The van der Waals surface area contributed by atoms with Gasteiger partial charge in [0.25, 0.3) is 0 Å². The van der Waals surface area contributed by atoms with Crippen molar-refractivity contribution >= 4 is 0 Å². The molecule has 4 rings (SSSR count). The molecule has 24 heavy (non-hydrogen) atoms. The Balaban J connectivity index is 1.72. The Morgan fingerprint density at radius 1 is 0.833 bits per heavy atom. The van der Waals surface area contributed by atoms with Gasteiger partial charge < -0.3 is 0 Å². The second kappa shape index (κ2) is 3.85. The minimum Gasteiger partial charge on any atom is -0.198 e. The zero-order valence-corrected chi connectivity index (χ0v) is 14.5. The molecule has 4 nitrogen and oxygen atoms in total. The first-order chi connectivity index (χ1) is 11.2. The molecule has 0 aliphatic heterocycles. The van der Waals surface area contributed by atoms with Crippen LogP contribution in [-0.4, -0.2) is 0 Å². The fourth-order valence-corrected chi connectivity index (χ4v) is 5.42. The normalized spacial score (nSPS) is 56.3. The van der Waals surface area contributed by atoms with Crippen LogP contribution in [-0.2, 0) is 0 Å². The topological polar surface area (TPSA) is 95.2 Å². The van der Waals surface area contributed by atoms with E-state index in [-0.39, 0.29) is 39.9 Å². The van der Waals surface area contributed by atoms with Crippen molar-refractivity contribution in [2.45, 2.75) is 40.5 Å². The average Bonchev–Trinajstić information content (AvgIpc) is 3.48. The Morgan fingerprint density at radius 2 is 1.46 bits per heavy atom. The first-order valence-electron chi connectivity index (χ1n) is 8.56. The van der Waals surface area contributed by atoms with E-state index in [9.17, 15) is 21.0 Å². The van der Waals surface area contributed by atoms with Crippen LogP contribution in [0.4, 0.5) is 0 Å². The first kappa shape index (κ1) is 15.2. The SMILES string of the molecule is C[C@@]1([C@H]2C[C@@]2(C)C#N)C([C@H]2[C@@H](C#N)[C@@]2(C)C#N)=C1[C@@H]1C[C@]1(C)C#N. The summed E-state index contributed by atoms with van der Waals surface area (Å²) >= 11 is 0. The molecule has 0 aromatic rings. The standard InChI is InChI=1S/C20H20N4/c1-17(8-22)5-11(17)15-16(14-12(7-21)19(14,3)10-24)20(15,4)13-6-18(13,2)9-23/h11-14H,5-6H2,1-4H3/t11-,12+,13-,14+,17+,18-,19+,20-/m0/s1. The number of hydrogen-bond donors (Lipinski definition) is 0. The smallest absolute Gasteiger partial charge is 0.0788 e. The summed E-state index contributed by atoms with van der Waals surface area (Å²) < 4.78 is 0. The van der Waals surface area contributed by atoms with Crippen molar-refractivity contribution in [3.63, 3.8) is 0 Å². The second-order valence-electron chi connectivity index (χ2n) is 9.08. The van der Waals surface area contributed by atoms with Crippen molar-refractivity contribution in [1.82, 2.24) is 0 Å². The predicted molar refractivity (Wildman–Crippen MR) is 85.1 cm³/mol. The van der Waals surface area contributed by atoms with E-state index in [4.69, 9.17) is 0 Å². The van der Waals surface area contributed by atoms with E-state index in [1.807, 2.05) is 20.8 Å². The van der Waals surface area contributed by atoms with Gasteiger partial charge in [-0.3, -0.25) is 0 Å². The minimum absolute atomic E-state index is 0.0143. The molecule has 0 heterocycles. The van der Waals surface area contributed by atoms with Crippen molar-refractivity contribution in [1.29, 1.82) is 21.0 Å². The van der Waals surface area contributed by atoms with Gasteiger partial charge in [-0.2, -0.15) is 21.0 Å². The van der Waals surface area contributed by atoms with Crippen molar-refractivity contribution in [2.24, 2.45) is 45.3 Å². The molecule has 4 heteroatoms. The molecule has 0 spiro atoms. The summed E-state index contributed by atoms with van der Waals surface area (Å²) in [5.41, 5.74) is 1.17. The predicted octanol–water partition coefficient (Wildman–Crippen LogP) is 3.70. The number of nitriles is 4. The molecule has 4 aliphatic rings. The molecule has 3 saturated carbocycles. The summed E-state index contributed by atoms with van der Waals surface area (Å²) in [5, 5.41) is 37.9. The van der Waals surface area contributed by atoms with Gasteiger partial charge in [0.1, 0.15) is 0 Å². The fourth-order valence-electron chi connectivity index (χ4n) is 5.42. The number of hydrogen-bond acceptors (Lipinski definition) is 4. The number of nitrogens with zero attached hydrogens (tertiary/aromatic N) is 4. The van der Waals surface area contributed by atoms with E-state index in [1.165, 1.54) is 11.1 Å². The van der Waals surface area contributed by atoms with Crippen molar-refractivity contribution in [3.8, 4) is 24.3 Å². The highest BCUT2D eigenvalue weighted by molar-refractivity contribution is 5.62. The van der Waals surface area contributed by atoms with Crippen LogP contribution < -0.4 is 0 Å². The van der Waals surface area contributed by atoms with Crippen LogP contribution in [0.15, 0.2) is 11.1 Å². The van der Waals surface area contributed by atoms with Crippen LogP contribution in [0.2, 0.25) is 0 Å². The van der Waals surface area contributed by atoms with Gasteiger partial charge in [-0.15, -0.1) is 0 Å². The van der Waals surface area contributed by atoms with E-state index in [0.717, 1.165) is 12.8 Å². The molecule has 0 amide bonds. The third-order valence-corrected chi connectivity index (χ3v) is 7.58. The average molecular weight is 316 g/mol. The van der Waals surface area contributed by atoms with E-state index in [2.05, 4.69) is 31.2 Å². The third-order valence-electron chi connectivity index (χ3n) is 7.58. The molecular weight excluding hydrogens is 296 g/mol. The fraction of sp³-hybridized carbons (Fsp3) is 0.700. The molecule has 0 radical (unpaired) electrons. The Morgan fingerprint density at radius 3 is 1.83 bits per heavy atom. The van der Waals surface area contributed by atoms with Gasteiger partial charge in [0.2, 0.25) is 0 Å². The van der Waals surface area contributed by atoms with Crippen LogP contribution in [0, 0.1) is 90.7 Å². The van der Waals surface area contributed by atoms with Gasteiger partial charge in [-0.05, 0) is 39.5 Å². The molecule has 0 aromatic heterocycles. The van der Waals surface area contributed by atoms with Gasteiger partial charge in [0.15, 0.2) is 0 Å². The summed E-state index contributed by atoms with van der Waals surface area (Å²) in [6.07, 6.45) is 1.73. The maximum Gasteiger partial charge on any atom is 0.0788 e. The van der Waals surface area contributed by atoms with E-state index < -0.39 is 5.41 Å². The highest BCUT2D eigenvalue weighted by Crippen LogP contribution is 2.83. The van der Waals surface area contributed by atoms with Gasteiger partial charge in [0, 0.05) is 17.3 Å². The van der Waals surface area contributed by atoms with Crippen molar-refractivity contribution in [3.05, 3.63) is 11.1 Å². The number of rotatable bonds is 3. The lowest BCUT2D eigenvalue weighted by atomic mass is 9.85. The molecule has 0 bridgehead atoms. The highest BCUT2D eigenvalue weighted by atomic mass is 14.8. The van der Waals surface area contributed by atoms with Gasteiger partial charge >= 0.3 is 0 Å². The van der Waals surface area contributed by atoms with Gasteiger partial charge in [-0.25, -0.2) is 0 Å². The first-order valence-corrected chi connectivity index (χ1v) is 8.56. The van der Waals surface area contributed by atoms with E-state index >= 15 is 0 Å². The van der Waals surface area contributed by atoms with Crippen LogP contribution in [0.25, 0.3) is 0 Å². The maximum atomic E-state index is 9.55. The van der Waals surface area contributed by atoms with Crippen LogP contribution in [0.5, 0.6) is 0 Å². The highest BCUT2D eigenvalue weighted by Gasteiger charge is 2.79. The van der Waals surface area contributed by atoms with Gasteiger partial charge in [0.05, 0.1) is 46.4 Å². The Hall–Kier alpha value is -2.30. The molecule has 4 aliphatic carbocycles. The summed E-state index contributed by atoms with van der Waals surface area (Å²) in [5.74, 6) is 0.244. The Bertz CT molecular complexity index is 873. The molecule has 8 atom stereocenters. The van der Waals surface area contributed by atoms with Crippen LogP contribution in [0.1, 0.15) is 40.5 Å². The van der Waals surface area contributed by atoms with Gasteiger partial charge in [-0.1, -0.05) is 18.1 Å². The summed E-state index contributed by atoms with van der Waals surface area (Å²) in [6.45, 7) is 8.06. The van der Waals surface area contributed by atoms with Crippen molar-refractivity contribution in [2.75, 3.05) is 0 Å². The van der Waals surface area contributed by atoms with Crippen LogP contribution in [0.3, 0.4) is 0 Å². The third kappa shape index (κ3) is 1.46. The lowest BCUT2D eigenvalue weighted by Gasteiger charge is -2.17. The monoisotopic (exact) mass is 316 g/mol. The van der Waals surface area contributed by atoms with Crippen LogP contribution >= 0.6 is 0 Å². The zero-order chi connectivity index (χ0) is 17.7. The van der Waals surface area contributed by atoms with E-state index in [1.54, 1.807) is 0 Å². The Kier molecular flexibility index (Phi) is 2.44. The largest absolute Gasteiger partial charge is 0.198 e. The molecule has 0 N–H and O–H groups in total. The molecule has 0 saturated heterocycles. The van der Waals surface area contributed by atoms with Crippen molar-refractivity contribution < 1.29 is 0 Å². The van der Waals surface area contributed by atoms with E-state index in [0.29, 0.717) is 0 Å². The maximum absolute atomic E-state index is 9.55. The number of allylic oxidation sites excluding steroid dienone is 2. The molecule has 120 valence electrons. The molecular formula is C20H20N4. The lowest BCUT2D eigenvalue weighted by molar-refractivity contribution is 0.420. The molecule has 0 aromatic carbocycles. The molecule has 3 fully saturated rings. The zero-order valence-electron chi connectivity index (χ0n) is 14.5. The second-order valence-corrected chi connectivity index (χ2v) is 9.08. The summed E-state index contributed by atoms with van der Waals surface area (Å²) in [7, 11) is 0. The lowest BCUT2D eigenvalue weighted by Crippen LogP contribution is -2.13. The summed E-state index contributed by atoms with van der Waals surface area (Å²) in [4.78, 5) is 0.